The Kier molecular flexibility index (Phi) is 2.89. The Balaban J connectivity index is 1.79. The molecule has 0 saturated heterocycles. The van der Waals surface area contributed by atoms with Crippen LogP contribution in [0, 0.1) is 35.0 Å². The first-order chi connectivity index (χ1) is 9.74. The van der Waals surface area contributed by atoms with Crippen molar-refractivity contribution in [1.82, 2.24) is 0 Å². The van der Waals surface area contributed by atoms with Crippen LogP contribution in [0.2, 0.25) is 5.02 Å². The van der Waals surface area contributed by atoms with Crippen LogP contribution in [0.5, 0.6) is 0 Å². The van der Waals surface area contributed by atoms with E-state index in [1.165, 1.54) is 37.7 Å². The minimum atomic E-state index is 0.677. The second-order valence-corrected chi connectivity index (χ2v) is 7.19. The molecule has 0 aromatic heterocycles. The summed E-state index contributed by atoms with van der Waals surface area (Å²) in [5, 5.41) is 10.4. The van der Waals surface area contributed by atoms with Crippen LogP contribution in [-0.2, 0) is 0 Å². The van der Waals surface area contributed by atoms with Gasteiger partial charge in [0.05, 0.1) is 11.6 Å². The lowest BCUT2D eigenvalue weighted by molar-refractivity contribution is 0.0706. The van der Waals surface area contributed by atoms with Crippen LogP contribution in [0.15, 0.2) is 29.8 Å². The normalized spacial score (nSPS) is 34.1. The molecule has 5 rings (SSSR count). The number of allylic oxidation sites excluding steroid dienone is 2. The molecule has 4 aliphatic rings. The predicted molar refractivity (Wildman–Crippen MR) is 81.0 cm³/mol. The highest BCUT2D eigenvalue weighted by atomic mass is 35.5. The molecule has 0 aliphatic heterocycles. The van der Waals surface area contributed by atoms with Gasteiger partial charge in [-0.05, 0) is 79.0 Å². The molecular formula is C18H18ClN. The first-order valence-corrected chi connectivity index (χ1v) is 8.02. The highest BCUT2D eigenvalue weighted by molar-refractivity contribution is 6.30. The maximum atomic E-state index is 9.69. The second-order valence-electron chi connectivity index (χ2n) is 6.75. The van der Waals surface area contributed by atoms with Crippen molar-refractivity contribution < 1.29 is 0 Å². The number of hydrogen-bond acceptors (Lipinski definition) is 1. The summed E-state index contributed by atoms with van der Waals surface area (Å²) in [4.78, 5) is 0. The zero-order chi connectivity index (χ0) is 13.7. The molecule has 1 aromatic carbocycles. The summed E-state index contributed by atoms with van der Waals surface area (Å²) >= 11 is 5.97. The van der Waals surface area contributed by atoms with Crippen molar-refractivity contribution in [2.75, 3.05) is 0 Å². The van der Waals surface area contributed by atoms with Gasteiger partial charge in [0.1, 0.15) is 0 Å². The molecule has 0 amide bonds. The first-order valence-electron chi connectivity index (χ1n) is 7.64. The summed E-state index contributed by atoms with van der Waals surface area (Å²) in [6.07, 6.45) is 6.73. The van der Waals surface area contributed by atoms with E-state index >= 15 is 0 Å². The van der Waals surface area contributed by atoms with E-state index in [0.29, 0.717) is 11.8 Å². The molecule has 1 nitrogen and oxygen atoms in total. The van der Waals surface area contributed by atoms with Crippen molar-refractivity contribution in [3.05, 3.63) is 40.4 Å². The molecule has 1 aromatic rings. The zero-order valence-corrected chi connectivity index (χ0v) is 12.2. The molecule has 102 valence electrons. The lowest BCUT2D eigenvalue weighted by Gasteiger charge is -2.51. The fourth-order valence-electron chi connectivity index (χ4n) is 5.01. The van der Waals surface area contributed by atoms with Crippen LogP contribution in [0.4, 0.5) is 0 Å². The monoisotopic (exact) mass is 283 g/mol. The second kappa shape index (κ2) is 4.64. The summed E-state index contributed by atoms with van der Waals surface area (Å²) in [6, 6.07) is 10.3. The van der Waals surface area contributed by atoms with Crippen LogP contribution in [0.3, 0.4) is 0 Å². The number of nitrogens with zero attached hydrogens (tertiary/aromatic N) is 1. The van der Waals surface area contributed by atoms with Crippen molar-refractivity contribution in [3.63, 3.8) is 0 Å². The van der Waals surface area contributed by atoms with Gasteiger partial charge in [0.2, 0.25) is 0 Å². The van der Waals surface area contributed by atoms with Gasteiger partial charge in [0.15, 0.2) is 0 Å². The molecule has 20 heavy (non-hydrogen) atoms. The highest BCUT2D eigenvalue weighted by Gasteiger charge is 2.46. The Labute approximate surface area is 125 Å². The summed E-state index contributed by atoms with van der Waals surface area (Å²) < 4.78 is 0. The van der Waals surface area contributed by atoms with E-state index < -0.39 is 0 Å². The van der Waals surface area contributed by atoms with Crippen molar-refractivity contribution in [2.45, 2.75) is 32.1 Å². The Bertz CT molecular complexity index is 575. The van der Waals surface area contributed by atoms with Gasteiger partial charge in [0, 0.05) is 5.02 Å². The maximum absolute atomic E-state index is 9.69. The predicted octanol–water partition coefficient (Wildman–Crippen LogP) is 5.07. The topological polar surface area (TPSA) is 23.8 Å². The van der Waals surface area contributed by atoms with Crippen LogP contribution in [0.1, 0.15) is 37.7 Å². The third kappa shape index (κ3) is 1.90. The first kappa shape index (κ1) is 12.5. The van der Waals surface area contributed by atoms with E-state index in [0.717, 1.165) is 28.0 Å². The summed E-state index contributed by atoms with van der Waals surface area (Å²) in [6.45, 7) is 0. The fraction of sp³-hybridized carbons (Fsp3) is 0.500. The smallest absolute Gasteiger partial charge is 0.0997 e. The van der Waals surface area contributed by atoms with E-state index in [9.17, 15) is 5.26 Å². The molecule has 0 radical (unpaired) electrons. The molecule has 2 heteroatoms. The molecule has 0 heterocycles. The summed E-state index contributed by atoms with van der Waals surface area (Å²) in [5.74, 6) is 3.23. The molecule has 0 spiro atoms. The summed E-state index contributed by atoms with van der Waals surface area (Å²) in [5.41, 5.74) is 3.47. The van der Waals surface area contributed by atoms with Crippen LogP contribution < -0.4 is 0 Å². The van der Waals surface area contributed by atoms with E-state index in [2.05, 4.69) is 6.07 Å². The van der Waals surface area contributed by atoms with Crippen LogP contribution in [-0.4, -0.2) is 0 Å². The van der Waals surface area contributed by atoms with Gasteiger partial charge >= 0.3 is 0 Å². The number of hydrogen-bond donors (Lipinski definition) is 0. The molecule has 4 saturated carbocycles. The van der Waals surface area contributed by atoms with Crippen molar-refractivity contribution in [2.24, 2.45) is 23.7 Å². The quantitative estimate of drug-likeness (QED) is 0.660. The van der Waals surface area contributed by atoms with Crippen molar-refractivity contribution >= 4 is 17.2 Å². The highest BCUT2D eigenvalue weighted by Crippen LogP contribution is 2.57. The molecular weight excluding hydrogens is 266 g/mol. The Hall–Kier alpha value is -1.26. The molecule has 4 fully saturated rings. The number of rotatable bonds is 1. The fourth-order valence-corrected chi connectivity index (χ4v) is 5.14. The third-order valence-electron chi connectivity index (χ3n) is 5.55. The summed E-state index contributed by atoms with van der Waals surface area (Å²) in [7, 11) is 0. The lowest BCUT2D eigenvalue weighted by Crippen LogP contribution is -2.40. The number of halogens is 1. The average molecular weight is 284 g/mol. The molecule has 0 N–H and O–H groups in total. The molecule has 0 unspecified atom stereocenters. The van der Waals surface area contributed by atoms with E-state index in [1.807, 2.05) is 24.3 Å². The van der Waals surface area contributed by atoms with Gasteiger partial charge in [-0.2, -0.15) is 5.26 Å². The minimum absolute atomic E-state index is 0.677. The van der Waals surface area contributed by atoms with Crippen molar-refractivity contribution in [3.8, 4) is 6.07 Å². The van der Waals surface area contributed by atoms with Gasteiger partial charge in [-0.3, -0.25) is 0 Å². The van der Waals surface area contributed by atoms with Gasteiger partial charge in [0.25, 0.3) is 0 Å². The van der Waals surface area contributed by atoms with Crippen LogP contribution in [0.25, 0.3) is 5.57 Å². The average Bonchev–Trinajstić information content (AvgIpc) is 2.43. The zero-order valence-electron chi connectivity index (χ0n) is 11.5. The van der Waals surface area contributed by atoms with Gasteiger partial charge in [-0.1, -0.05) is 23.7 Å². The Morgan fingerprint density at radius 3 is 2.00 bits per heavy atom. The number of benzene rings is 1. The molecule has 0 atom stereocenters. The van der Waals surface area contributed by atoms with E-state index in [1.54, 1.807) is 0 Å². The largest absolute Gasteiger partial charge is 0.192 e. The van der Waals surface area contributed by atoms with E-state index in [-0.39, 0.29) is 0 Å². The maximum Gasteiger partial charge on any atom is 0.0997 e. The Morgan fingerprint density at radius 1 is 0.950 bits per heavy atom. The SMILES string of the molecule is N#CC(=C1C2CC3CC(C2)CC1C3)c1ccc(Cl)cc1. The van der Waals surface area contributed by atoms with Gasteiger partial charge < -0.3 is 0 Å². The van der Waals surface area contributed by atoms with Gasteiger partial charge in [-0.25, -0.2) is 0 Å². The van der Waals surface area contributed by atoms with E-state index in [4.69, 9.17) is 11.6 Å². The van der Waals surface area contributed by atoms with Crippen molar-refractivity contribution in [1.29, 1.82) is 5.26 Å². The Morgan fingerprint density at radius 2 is 1.50 bits per heavy atom. The third-order valence-corrected chi connectivity index (χ3v) is 5.80. The van der Waals surface area contributed by atoms with Gasteiger partial charge in [-0.15, -0.1) is 0 Å². The minimum Gasteiger partial charge on any atom is -0.192 e. The molecule has 4 aliphatic carbocycles. The van der Waals surface area contributed by atoms with Crippen LogP contribution >= 0.6 is 11.6 Å². The standard InChI is InChI=1S/C18H18ClN/c19-16-3-1-13(2-4-16)17(10-20)18-14-6-11-5-12(8-14)9-15(18)7-11/h1-4,11-12,14-15H,5-9H2. The number of nitriles is 1. The lowest BCUT2D eigenvalue weighted by atomic mass is 9.53. The molecule has 4 bridgehead atoms.